The maximum absolute atomic E-state index is 13.0. The lowest BCUT2D eigenvalue weighted by Crippen LogP contribution is -2.54. The Labute approximate surface area is 87.8 Å². The van der Waals surface area contributed by atoms with Crippen molar-refractivity contribution in [3.63, 3.8) is 0 Å². The van der Waals surface area contributed by atoms with Crippen LogP contribution >= 0.6 is 0 Å². The van der Waals surface area contributed by atoms with E-state index in [0.717, 1.165) is 0 Å². The summed E-state index contributed by atoms with van der Waals surface area (Å²) in [5, 5.41) is 0. The largest absolute Gasteiger partial charge is 0.518 e. The van der Waals surface area contributed by atoms with Crippen LogP contribution in [0.3, 0.4) is 0 Å². The highest BCUT2D eigenvalue weighted by molar-refractivity contribution is 5.03. The van der Waals surface area contributed by atoms with Gasteiger partial charge in [0.25, 0.3) is 0 Å². The summed E-state index contributed by atoms with van der Waals surface area (Å²) in [4.78, 5) is 10.3. The van der Waals surface area contributed by atoms with Gasteiger partial charge in [-0.15, -0.1) is 0 Å². The molecule has 1 rings (SSSR count). The van der Waals surface area contributed by atoms with Crippen molar-refractivity contribution in [1.82, 2.24) is 0 Å². The average molecular weight is 268 g/mol. The van der Waals surface area contributed by atoms with E-state index in [4.69, 9.17) is 0 Å². The molecule has 1 heterocycles. The minimum Gasteiger partial charge on any atom is -0.399 e. The number of hydrogen-bond donors (Lipinski definition) is 0. The van der Waals surface area contributed by atoms with Gasteiger partial charge in [-0.25, -0.2) is 9.18 Å². The van der Waals surface area contributed by atoms with Crippen LogP contribution < -0.4 is 5.82 Å². The maximum Gasteiger partial charge on any atom is 0.518 e. The zero-order valence-electron chi connectivity index (χ0n) is 7.65. The van der Waals surface area contributed by atoms with Crippen molar-refractivity contribution in [3.05, 3.63) is 22.6 Å². The summed E-state index contributed by atoms with van der Waals surface area (Å²) < 4.78 is 93.0. The highest BCUT2D eigenvalue weighted by Gasteiger charge is 2.72. The molecule has 98 valence electrons. The Bertz CT molecular complexity index is 423. The van der Waals surface area contributed by atoms with E-state index in [2.05, 4.69) is 8.83 Å². The molecule has 0 atom stereocenters. The molecule has 10 heteroatoms. The van der Waals surface area contributed by atoms with Gasteiger partial charge >= 0.3 is 23.8 Å². The highest BCUT2D eigenvalue weighted by atomic mass is 19.4. The summed E-state index contributed by atoms with van der Waals surface area (Å²) in [6, 6.07) is 0. The van der Waals surface area contributed by atoms with Gasteiger partial charge < -0.3 is 8.83 Å². The second kappa shape index (κ2) is 3.77. The van der Waals surface area contributed by atoms with Gasteiger partial charge in [0.1, 0.15) is 6.26 Å². The van der Waals surface area contributed by atoms with Crippen molar-refractivity contribution in [2.75, 3.05) is 0 Å². The summed E-state index contributed by atoms with van der Waals surface area (Å²) >= 11 is 0. The van der Waals surface area contributed by atoms with Crippen LogP contribution in [0, 0.1) is 0 Å². The molecule has 17 heavy (non-hydrogen) atoms. The average Bonchev–Trinajstić information content (AvgIpc) is 2.47. The van der Waals surface area contributed by atoms with Gasteiger partial charge in [0, 0.05) is 0 Å². The molecule has 0 bridgehead atoms. The van der Waals surface area contributed by atoms with Crippen LogP contribution in [0.25, 0.3) is 0 Å². The first-order valence-electron chi connectivity index (χ1n) is 3.87. The summed E-state index contributed by atoms with van der Waals surface area (Å²) in [5.74, 6) is -2.71. The Hall–Kier alpha value is -1.48. The molecular formula is C7H3F7O3. The van der Waals surface area contributed by atoms with Crippen LogP contribution in [0.2, 0.25) is 0 Å². The third kappa shape index (κ3) is 2.44. The van der Waals surface area contributed by atoms with Crippen LogP contribution in [0.4, 0.5) is 30.7 Å². The smallest absolute Gasteiger partial charge is 0.399 e. The van der Waals surface area contributed by atoms with E-state index < -0.39 is 36.0 Å². The van der Waals surface area contributed by atoms with Crippen LogP contribution in [0.5, 0.6) is 0 Å². The summed E-state index contributed by atoms with van der Waals surface area (Å²) in [5.41, 5.74) is -5.50. The zero-order valence-corrected chi connectivity index (χ0v) is 7.65. The molecule has 0 aliphatic rings. The molecule has 0 saturated carbocycles. The first-order valence-corrected chi connectivity index (χ1v) is 3.87. The van der Waals surface area contributed by atoms with Crippen molar-refractivity contribution in [1.29, 1.82) is 0 Å². The van der Waals surface area contributed by atoms with Crippen molar-refractivity contribution < 1.29 is 39.6 Å². The monoisotopic (exact) mass is 268 g/mol. The second-order valence-corrected chi connectivity index (χ2v) is 3.03. The molecule has 0 spiro atoms. The number of hydrogen-bond acceptors (Lipinski definition) is 3. The van der Waals surface area contributed by atoms with Crippen molar-refractivity contribution in [2.24, 2.45) is 0 Å². The minimum atomic E-state index is -6.19. The molecule has 0 saturated heterocycles. The van der Waals surface area contributed by atoms with Crippen molar-refractivity contribution in [3.8, 4) is 0 Å². The molecule has 3 nitrogen and oxygen atoms in total. The summed E-state index contributed by atoms with van der Waals surface area (Å²) in [7, 11) is 0. The first kappa shape index (κ1) is 13.6. The predicted octanol–water partition coefficient (Wildman–Crippen LogP) is 2.61. The molecule has 0 unspecified atom stereocenters. The van der Waals surface area contributed by atoms with Gasteiger partial charge in [-0.3, -0.25) is 0 Å². The molecule has 0 aromatic carbocycles. The normalized spacial score (nSPS) is 14.1. The lowest BCUT2D eigenvalue weighted by Gasteiger charge is -2.28. The van der Waals surface area contributed by atoms with Crippen LogP contribution in [-0.4, -0.2) is 18.0 Å². The van der Waals surface area contributed by atoms with E-state index in [9.17, 15) is 35.5 Å². The van der Waals surface area contributed by atoms with Crippen LogP contribution in [0.15, 0.2) is 19.9 Å². The zero-order chi connectivity index (χ0) is 13.5. The second-order valence-electron chi connectivity index (χ2n) is 3.03. The lowest BCUT2D eigenvalue weighted by molar-refractivity contribution is -0.341. The van der Waals surface area contributed by atoms with Gasteiger partial charge in [-0.05, 0) is 0 Å². The topological polar surface area (TPSA) is 43.4 Å². The fourth-order valence-electron chi connectivity index (χ4n) is 0.948. The van der Waals surface area contributed by atoms with Crippen LogP contribution in [0.1, 0.15) is 5.76 Å². The molecule has 1 aromatic heterocycles. The summed E-state index contributed by atoms with van der Waals surface area (Å²) in [6.07, 6.45) is -14.4. The molecule has 0 aliphatic carbocycles. The molecule has 1 aromatic rings. The van der Waals surface area contributed by atoms with E-state index in [1.807, 2.05) is 0 Å². The maximum atomic E-state index is 13.0. The van der Waals surface area contributed by atoms with E-state index in [-0.39, 0.29) is 6.26 Å². The number of alkyl halides is 7. The van der Waals surface area contributed by atoms with Gasteiger partial charge in [-0.1, -0.05) is 0 Å². The van der Waals surface area contributed by atoms with Gasteiger partial charge in [-0.2, -0.15) is 26.3 Å². The Balaban J connectivity index is 3.14. The SMILES string of the molecule is O=c1occ(CC(F)(C(F)(F)F)C(F)(F)F)o1. The Morgan fingerprint density at radius 2 is 1.47 bits per heavy atom. The quantitative estimate of drug-likeness (QED) is 0.774. The number of halogens is 7. The third-order valence-electron chi connectivity index (χ3n) is 1.82. The minimum absolute atomic E-state index is 0.189. The standard InChI is InChI=1S/C7H3F7O3/c8-5(6(9,10)11,7(12,13)14)1-3-2-16-4(15)17-3/h2H,1H2. The van der Waals surface area contributed by atoms with Crippen molar-refractivity contribution >= 4 is 0 Å². The van der Waals surface area contributed by atoms with Gasteiger partial charge in [0.15, 0.2) is 5.76 Å². The molecule has 0 radical (unpaired) electrons. The fraction of sp³-hybridized carbons (Fsp3) is 0.571. The molecular weight excluding hydrogens is 265 g/mol. The molecule has 0 fully saturated rings. The van der Waals surface area contributed by atoms with E-state index in [1.165, 1.54) is 0 Å². The Morgan fingerprint density at radius 1 is 1.00 bits per heavy atom. The molecule has 0 amide bonds. The third-order valence-corrected chi connectivity index (χ3v) is 1.82. The number of rotatable bonds is 2. The van der Waals surface area contributed by atoms with E-state index in [1.54, 1.807) is 0 Å². The van der Waals surface area contributed by atoms with Crippen molar-refractivity contribution in [2.45, 2.75) is 24.4 Å². The molecule has 0 N–H and O–H groups in total. The van der Waals surface area contributed by atoms with Gasteiger partial charge in [0.05, 0.1) is 6.42 Å². The van der Waals surface area contributed by atoms with Crippen LogP contribution in [-0.2, 0) is 6.42 Å². The van der Waals surface area contributed by atoms with Gasteiger partial charge in [0.2, 0.25) is 0 Å². The van der Waals surface area contributed by atoms with E-state index >= 15 is 0 Å². The van der Waals surface area contributed by atoms with E-state index in [0.29, 0.717) is 0 Å². The summed E-state index contributed by atoms with van der Waals surface area (Å²) in [6.45, 7) is 0. The Kier molecular flexibility index (Phi) is 3.02. The molecule has 0 aliphatic heterocycles. The Morgan fingerprint density at radius 3 is 1.76 bits per heavy atom. The highest BCUT2D eigenvalue weighted by Crippen LogP contribution is 2.47. The lowest BCUT2D eigenvalue weighted by atomic mass is 9.99. The predicted molar refractivity (Wildman–Crippen MR) is 36.9 cm³/mol. The first-order chi connectivity index (χ1) is 7.47. The fourth-order valence-corrected chi connectivity index (χ4v) is 0.948.